The number of benzene rings is 1. The third kappa shape index (κ3) is 4.27. The van der Waals surface area contributed by atoms with Crippen molar-refractivity contribution in [2.45, 2.75) is 6.54 Å². The molecule has 2 aromatic rings. The minimum absolute atomic E-state index is 0.148. The summed E-state index contributed by atoms with van der Waals surface area (Å²) in [6, 6.07) is 8.90. The SMILES string of the molecule is C=CCN(Cc1ccc(Cl)s1)C(=O)c1cc(OC)ccc1OC. The van der Waals surface area contributed by atoms with Gasteiger partial charge in [-0.05, 0) is 30.3 Å². The first-order valence-electron chi connectivity index (χ1n) is 6.95. The largest absolute Gasteiger partial charge is 0.497 e. The van der Waals surface area contributed by atoms with Gasteiger partial charge >= 0.3 is 0 Å². The van der Waals surface area contributed by atoms with Crippen LogP contribution < -0.4 is 9.47 Å². The maximum absolute atomic E-state index is 12.9. The van der Waals surface area contributed by atoms with Gasteiger partial charge in [0, 0.05) is 11.4 Å². The number of amides is 1. The summed E-state index contributed by atoms with van der Waals surface area (Å²) in [5.41, 5.74) is 0.455. The molecule has 0 fully saturated rings. The molecule has 1 amide bonds. The Bertz CT molecular complexity index is 699. The van der Waals surface area contributed by atoms with Gasteiger partial charge in [-0.3, -0.25) is 4.79 Å². The van der Waals surface area contributed by atoms with E-state index in [0.29, 0.717) is 34.5 Å². The van der Waals surface area contributed by atoms with Crippen LogP contribution in [0, 0.1) is 0 Å². The Morgan fingerprint density at radius 1 is 1.30 bits per heavy atom. The summed E-state index contributed by atoms with van der Waals surface area (Å²) in [6.07, 6.45) is 1.69. The van der Waals surface area contributed by atoms with Crippen LogP contribution in [0.25, 0.3) is 0 Å². The number of carbonyl (C=O) groups is 1. The van der Waals surface area contributed by atoms with Crippen LogP contribution in [0.3, 0.4) is 0 Å². The molecule has 6 heteroatoms. The third-order valence-electron chi connectivity index (χ3n) is 3.25. The van der Waals surface area contributed by atoms with E-state index in [1.165, 1.54) is 18.4 Å². The van der Waals surface area contributed by atoms with Crippen LogP contribution in [0.2, 0.25) is 4.34 Å². The predicted octanol–water partition coefficient (Wildman–Crippen LogP) is 4.25. The van der Waals surface area contributed by atoms with Crippen LogP contribution in [0.5, 0.6) is 11.5 Å². The van der Waals surface area contributed by atoms with Crippen molar-refractivity contribution in [1.82, 2.24) is 4.90 Å². The van der Waals surface area contributed by atoms with E-state index in [0.717, 1.165) is 4.88 Å². The zero-order valence-corrected chi connectivity index (χ0v) is 14.6. The van der Waals surface area contributed by atoms with Gasteiger partial charge in [0.2, 0.25) is 0 Å². The Kier molecular flexibility index (Phi) is 6.07. The standard InChI is InChI=1S/C17H18ClNO3S/c1-4-9-19(11-13-6-8-16(18)23-13)17(20)14-10-12(21-2)5-7-15(14)22-3/h4-8,10H,1,9,11H2,2-3H3. The van der Waals surface area contributed by atoms with Crippen LogP contribution in [-0.4, -0.2) is 31.6 Å². The molecule has 1 heterocycles. The Hall–Kier alpha value is -1.98. The molecular formula is C17H18ClNO3S. The highest BCUT2D eigenvalue weighted by Crippen LogP contribution is 2.27. The summed E-state index contributed by atoms with van der Waals surface area (Å²) in [6.45, 7) is 4.61. The Morgan fingerprint density at radius 2 is 2.09 bits per heavy atom. The van der Waals surface area contributed by atoms with E-state index < -0.39 is 0 Å². The van der Waals surface area contributed by atoms with Gasteiger partial charge in [0.1, 0.15) is 11.5 Å². The Morgan fingerprint density at radius 3 is 2.65 bits per heavy atom. The van der Waals surface area contributed by atoms with E-state index in [1.807, 2.05) is 12.1 Å². The summed E-state index contributed by atoms with van der Waals surface area (Å²) in [7, 11) is 3.10. The first-order chi connectivity index (χ1) is 11.1. The molecule has 0 aliphatic heterocycles. The highest BCUT2D eigenvalue weighted by Gasteiger charge is 2.20. The highest BCUT2D eigenvalue weighted by molar-refractivity contribution is 7.16. The fourth-order valence-electron chi connectivity index (χ4n) is 2.15. The van der Waals surface area contributed by atoms with Crippen LogP contribution in [0.15, 0.2) is 43.0 Å². The number of nitrogens with zero attached hydrogens (tertiary/aromatic N) is 1. The minimum atomic E-state index is -0.148. The number of carbonyl (C=O) groups excluding carboxylic acids is 1. The molecule has 0 unspecified atom stereocenters. The number of rotatable bonds is 7. The lowest BCUT2D eigenvalue weighted by Crippen LogP contribution is -2.30. The summed E-state index contributed by atoms with van der Waals surface area (Å²) in [5.74, 6) is 0.964. The summed E-state index contributed by atoms with van der Waals surface area (Å²) in [5, 5.41) is 0. The fourth-order valence-corrected chi connectivity index (χ4v) is 3.25. The minimum Gasteiger partial charge on any atom is -0.497 e. The topological polar surface area (TPSA) is 38.8 Å². The molecule has 1 aromatic carbocycles. The molecule has 0 N–H and O–H groups in total. The van der Waals surface area contributed by atoms with Gasteiger partial charge in [0.05, 0.1) is 30.7 Å². The van der Waals surface area contributed by atoms with Gasteiger partial charge in [0.15, 0.2) is 0 Å². The zero-order chi connectivity index (χ0) is 16.8. The van der Waals surface area contributed by atoms with Gasteiger partial charge in [-0.2, -0.15) is 0 Å². The first kappa shape index (κ1) is 17.4. The zero-order valence-electron chi connectivity index (χ0n) is 13.0. The second-order valence-electron chi connectivity index (χ2n) is 4.75. The molecule has 0 saturated carbocycles. The van der Waals surface area contributed by atoms with Gasteiger partial charge in [-0.25, -0.2) is 0 Å². The van der Waals surface area contributed by atoms with Crippen molar-refractivity contribution in [1.29, 1.82) is 0 Å². The number of methoxy groups -OCH3 is 2. The van der Waals surface area contributed by atoms with Crippen molar-refractivity contribution >= 4 is 28.8 Å². The van der Waals surface area contributed by atoms with Crippen molar-refractivity contribution in [3.63, 3.8) is 0 Å². The van der Waals surface area contributed by atoms with Gasteiger partial charge in [-0.15, -0.1) is 17.9 Å². The monoisotopic (exact) mass is 351 g/mol. The average Bonchev–Trinajstić information content (AvgIpc) is 2.98. The second kappa shape index (κ2) is 8.04. The maximum Gasteiger partial charge on any atom is 0.258 e. The molecule has 4 nitrogen and oxygen atoms in total. The van der Waals surface area contributed by atoms with E-state index in [2.05, 4.69) is 6.58 Å². The molecule has 0 bridgehead atoms. The number of hydrogen-bond acceptors (Lipinski definition) is 4. The quantitative estimate of drug-likeness (QED) is 0.700. The summed E-state index contributed by atoms with van der Waals surface area (Å²) in [4.78, 5) is 15.6. The summed E-state index contributed by atoms with van der Waals surface area (Å²) < 4.78 is 11.2. The van der Waals surface area contributed by atoms with Crippen molar-refractivity contribution < 1.29 is 14.3 Å². The highest BCUT2D eigenvalue weighted by atomic mass is 35.5. The second-order valence-corrected chi connectivity index (χ2v) is 6.55. The van der Waals surface area contributed by atoms with Gasteiger partial charge in [-0.1, -0.05) is 17.7 Å². The molecular weight excluding hydrogens is 334 g/mol. The molecule has 0 saturated heterocycles. The Balaban J connectivity index is 2.31. The van der Waals surface area contributed by atoms with Crippen LogP contribution >= 0.6 is 22.9 Å². The number of hydrogen-bond donors (Lipinski definition) is 0. The maximum atomic E-state index is 12.9. The van der Waals surface area contributed by atoms with Crippen LogP contribution in [-0.2, 0) is 6.54 Å². The van der Waals surface area contributed by atoms with Crippen molar-refractivity contribution in [3.05, 3.63) is 57.8 Å². The normalized spacial score (nSPS) is 10.2. The number of thiophene rings is 1. The lowest BCUT2D eigenvalue weighted by Gasteiger charge is -2.22. The van der Waals surface area contributed by atoms with Crippen molar-refractivity contribution in [2.75, 3.05) is 20.8 Å². The van der Waals surface area contributed by atoms with E-state index in [1.54, 1.807) is 36.3 Å². The summed E-state index contributed by atoms with van der Waals surface area (Å²) >= 11 is 7.42. The third-order valence-corrected chi connectivity index (χ3v) is 4.47. The fraction of sp³-hybridized carbons (Fsp3) is 0.235. The molecule has 1 aromatic heterocycles. The lowest BCUT2D eigenvalue weighted by molar-refractivity contribution is 0.0760. The smallest absolute Gasteiger partial charge is 0.258 e. The van der Waals surface area contributed by atoms with E-state index in [-0.39, 0.29) is 5.91 Å². The first-order valence-corrected chi connectivity index (χ1v) is 8.15. The van der Waals surface area contributed by atoms with Crippen LogP contribution in [0.1, 0.15) is 15.2 Å². The average molecular weight is 352 g/mol. The molecule has 0 atom stereocenters. The van der Waals surface area contributed by atoms with E-state index in [4.69, 9.17) is 21.1 Å². The van der Waals surface area contributed by atoms with Gasteiger partial charge in [0.25, 0.3) is 5.91 Å². The van der Waals surface area contributed by atoms with Crippen molar-refractivity contribution in [2.24, 2.45) is 0 Å². The molecule has 0 spiro atoms. The molecule has 2 rings (SSSR count). The molecule has 23 heavy (non-hydrogen) atoms. The van der Waals surface area contributed by atoms with E-state index in [9.17, 15) is 4.79 Å². The number of ether oxygens (including phenoxy) is 2. The Labute approximate surface area is 144 Å². The van der Waals surface area contributed by atoms with Gasteiger partial charge < -0.3 is 14.4 Å². The molecule has 0 aliphatic rings. The van der Waals surface area contributed by atoms with Crippen LogP contribution in [0.4, 0.5) is 0 Å². The molecule has 0 aliphatic carbocycles. The predicted molar refractivity (Wildman–Crippen MR) is 93.8 cm³/mol. The van der Waals surface area contributed by atoms with E-state index >= 15 is 0 Å². The lowest BCUT2D eigenvalue weighted by atomic mass is 10.1. The molecule has 122 valence electrons. The molecule has 0 radical (unpaired) electrons. The number of halogens is 1. The van der Waals surface area contributed by atoms with Crippen molar-refractivity contribution in [3.8, 4) is 11.5 Å².